The van der Waals surface area contributed by atoms with Crippen LogP contribution in [0.25, 0.3) is 6.08 Å². The molecule has 0 heterocycles. The number of carbonyl (C=O) groups is 1. The Bertz CT molecular complexity index is 387. The maximum absolute atomic E-state index is 13.0. The van der Waals surface area contributed by atoms with Crippen LogP contribution in [0, 0.1) is 19.7 Å². The van der Waals surface area contributed by atoms with E-state index >= 15 is 0 Å². The third-order valence-corrected chi connectivity index (χ3v) is 2.16. The number of primary amides is 1. The Hall–Kier alpha value is -1.64. The average Bonchev–Trinajstić information content (AvgIpc) is 2.08. The Labute approximate surface area is 88.6 Å². The predicted octanol–water partition coefficient (Wildman–Crippen LogP) is 2.33. The number of rotatable bonds is 3. The smallest absolute Gasteiger partial charge is 0.221 e. The van der Waals surface area contributed by atoms with Gasteiger partial charge in [0.2, 0.25) is 5.91 Å². The molecule has 1 aromatic carbocycles. The average molecular weight is 207 g/mol. The highest BCUT2D eigenvalue weighted by Gasteiger charge is 2.01. The van der Waals surface area contributed by atoms with Gasteiger partial charge in [0, 0.05) is 6.42 Å². The summed E-state index contributed by atoms with van der Waals surface area (Å²) in [7, 11) is 0. The van der Waals surface area contributed by atoms with E-state index in [1.54, 1.807) is 12.2 Å². The van der Waals surface area contributed by atoms with E-state index in [0.29, 0.717) is 0 Å². The lowest BCUT2D eigenvalue weighted by Gasteiger charge is -2.05. The van der Waals surface area contributed by atoms with Crippen molar-refractivity contribution in [3.63, 3.8) is 0 Å². The molecule has 1 amide bonds. The Balaban J connectivity index is 2.94. The van der Waals surface area contributed by atoms with Gasteiger partial charge in [-0.3, -0.25) is 4.79 Å². The molecule has 80 valence electrons. The van der Waals surface area contributed by atoms with Crippen molar-refractivity contribution in [2.24, 2.45) is 5.73 Å². The van der Waals surface area contributed by atoms with Crippen LogP contribution in [0.4, 0.5) is 4.39 Å². The fourth-order valence-electron chi connectivity index (χ4n) is 1.48. The number of hydrogen-bond acceptors (Lipinski definition) is 1. The van der Waals surface area contributed by atoms with Gasteiger partial charge in [0.25, 0.3) is 0 Å². The van der Waals surface area contributed by atoms with Gasteiger partial charge in [0.05, 0.1) is 0 Å². The number of hydrogen-bond donors (Lipinski definition) is 1. The zero-order valence-electron chi connectivity index (χ0n) is 8.88. The molecule has 1 rings (SSSR count). The Morgan fingerprint density at radius 2 is 1.93 bits per heavy atom. The highest BCUT2D eigenvalue weighted by atomic mass is 19.1. The van der Waals surface area contributed by atoms with Crippen molar-refractivity contribution < 1.29 is 9.18 Å². The van der Waals surface area contributed by atoms with Gasteiger partial charge in [-0.25, -0.2) is 4.39 Å². The number of nitrogens with two attached hydrogens (primary N) is 1. The number of halogens is 1. The summed E-state index contributed by atoms with van der Waals surface area (Å²) in [4.78, 5) is 10.5. The molecule has 2 N–H and O–H groups in total. The van der Waals surface area contributed by atoms with Crippen LogP contribution in [-0.2, 0) is 4.79 Å². The van der Waals surface area contributed by atoms with Crippen molar-refractivity contribution in [1.82, 2.24) is 0 Å². The van der Waals surface area contributed by atoms with Gasteiger partial charge in [-0.15, -0.1) is 0 Å². The van der Waals surface area contributed by atoms with Gasteiger partial charge in [0.1, 0.15) is 5.82 Å². The molecule has 0 aliphatic rings. The molecular weight excluding hydrogens is 193 g/mol. The van der Waals surface area contributed by atoms with Gasteiger partial charge in [0.15, 0.2) is 0 Å². The standard InChI is InChI=1S/C12H14FNO/c1-8-6-10(13)7-9(2)11(8)4-3-5-12(14)15/h3-4,6-7H,5H2,1-2H3,(H2,14,15). The van der Waals surface area contributed by atoms with Crippen LogP contribution in [0.5, 0.6) is 0 Å². The lowest BCUT2D eigenvalue weighted by atomic mass is 10.0. The van der Waals surface area contributed by atoms with Crippen molar-refractivity contribution in [3.05, 3.63) is 40.7 Å². The monoisotopic (exact) mass is 207 g/mol. The molecule has 3 heteroatoms. The quantitative estimate of drug-likeness (QED) is 0.812. The summed E-state index contributed by atoms with van der Waals surface area (Å²) in [5.74, 6) is -0.610. The van der Waals surface area contributed by atoms with Crippen LogP contribution < -0.4 is 5.73 Å². The number of aryl methyl sites for hydroxylation is 2. The maximum Gasteiger partial charge on any atom is 0.221 e. The minimum Gasteiger partial charge on any atom is -0.369 e. The van der Waals surface area contributed by atoms with Crippen molar-refractivity contribution in [2.45, 2.75) is 20.3 Å². The molecule has 0 spiro atoms. The first-order chi connectivity index (χ1) is 7.00. The molecule has 15 heavy (non-hydrogen) atoms. The summed E-state index contributed by atoms with van der Waals surface area (Å²) in [6.45, 7) is 3.67. The molecule has 0 atom stereocenters. The molecule has 1 aromatic rings. The van der Waals surface area contributed by atoms with Crippen molar-refractivity contribution in [3.8, 4) is 0 Å². The first-order valence-corrected chi connectivity index (χ1v) is 4.72. The van der Waals surface area contributed by atoms with Crippen LogP contribution in [0.1, 0.15) is 23.1 Å². The number of benzene rings is 1. The third kappa shape index (κ3) is 3.20. The van der Waals surface area contributed by atoms with E-state index in [9.17, 15) is 9.18 Å². The highest BCUT2D eigenvalue weighted by Crippen LogP contribution is 2.17. The van der Waals surface area contributed by atoms with Crippen LogP contribution in [0.3, 0.4) is 0 Å². The van der Waals surface area contributed by atoms with Crippen LogP contribution in [0.15, 0.2) is 18.2 Å². The minimum atomic E-state index is -0.372. The van der Waals surface area contributed by atoms with Gasteiger partial charge in [-0.2, -0.15) is 0 Å². The lowest BCUT2D eigenvalue weighted by Crippen LogP contribution is -2.07. The Morgan fingerprint density at radius 3 is 2.40 bits per heavy atom. The van der Waals surface area contributed by atoms with Crippen molar-refractivity contribution >= 4 is 12.0 Å². The lowest BCUT2D eigenvalue weighted by molar-refractivity contribution is -0.117. The summed E-state index contributed by atoms with van der Waals surface area (Å²) in [5.41, 5.74) is 7.66. The van der Waals surface area contributed by atoms with E-state index in [1.807, 2.05) is 13.8 Å². The second kappa shape index (κ2) is 4.73. The van der Waals surface area contributed by atoms with E-state index in [0.717, 1.165) is 16.7 Å². The summed E-state index contributed by atoms with van der Waals surface area (Å²) in [6.07, 6.45) is 3.70. The minimum absolute atomic E-state index is 0.205. The van der Waals surface area contributed by atoms with Gasteiger partial charge < -0.3 is 5.73 Å². The molecule has 0 radical (unpaired) electrons. The van der Waals surface area contributed by atoms with E-state index in [-0.39, 0.29) is 18.1 Å². The van der Waals surface area contributed by atoms with Crippen LogP contribution in [0.2, 0.25) is 0 Å². The van der Waals surface area contributed by atoms with E-state index in [4.69, 9.17) is 5.73 Å². The van der Waals surface area contributed by atoms with E-state index in [2.05, 4.69) is 0 Å². The second-order valence-electron chi connectivity index (χ2n) is 3.53. The summed E-state index contributed by atoms with van der Waals surface area (Å²) < 4.78 is 13.0. The number of amides is 1. The van der Waals surface area contributed by atoms with Gasteiger partial charge in [-0.05, 0) is 42.7 Å². The molecule has 0 aliphatic carbocycles. The summed E-state index contributed by atoms with van der Waals surface area (Å²) in [6, 6.07) is 2.94. The molecule has 0 saturated carbocycles. The van der Waals surface area contributed by atoms with Crippen LogP contribution >= 0.6 is 0 Å². The fraction of sp³-hybridized carbons (Fsp3) is 0.250. The van der Waals surface area contributed by atoms with E-state index < -0.39 is 0 Å². The molecule has 0 aliphatic heterocycles. The highest BCUT2D eigenvalue weighted by molar-refractivity contribution is 5.76. The molecule has 0 bridgehead atoms. The van der Waals surface area contributed by atoms with Crippen LogP contribution in [-0.4, -0.2) is 5.91 Å². The SMILES string of the molecule is Cc1cc(F)cc(C)c1C=CCC(N)=O. The molecule has 0 saturated heterocycles. The molecular formula is C12H14FNO. The second-order valence-corrected chi connectivity index (χ2v) is 3.53. The zero-order chi connectivity index (χ0) is 11.4. The first kappa shape index (κ1) is 11.4. The predicted molar refractivity (Wildman–Crippen MR) is 58.7 cm³/mol. The Morgan fingerprint density at radius 1 is 1.40 bits per heavy atom. The largest absolute Gasteiger partial charge is 0.369 e. The van der Waals surface area contributed by atoms with Gasteiger partial charge >= 0.3 is 0 Å². The first-order valence-electron chi connectivity index (χ1n) is 4.72. The van der Waals surface area contributed by atoms with Gasteiger partial charge in [-0.1, -0.05) is 12.2 Å². The van der Waals surface area contributed by atoms with Crippen molar-refractivity contribution in [1.29, 1.82) is 0 Å². The molecule has 0 unspecified atom stereocenters. The third-order valence-electron chi connectivity index (χ3n) is 2.16. The van der Waals surface area contributed by atoms with E-state index in [1.165, 1.54) is 12.1 Å². The summed E-state index contributed by atoms with van der Waals surface area (Å²) in [5, 5.41) is 0. The maximum atomic E-state index is 13.0. The normalized spacial score (nSPS) is 10.9. The Kier molecular flexibility index (Phi) is 3.61. The molecule has 0 aromatic heterocycles. The topological polar surface area (TPSA) is 43.1 Å². The zero-order valence-corrected chi connectivity index (χ0v) is 8.88. The fourth-order valence-corrected chi connectivity index (χ4v) is 1.48. The summed E-state index contributed by atoms with van der Waals surface area (Å²) >= 11 is 0. The molecule has 0 fully saturated rings. The molecule has 2 nitrogen and oxygen atoms in total. The van der Waals surface area contributed by atoms with Crippen molar-refractivity contribution in [2.75, 3.05) is 0 Å². The number of carbonyl (C=O) groups excluding carboxylic acids is 1.